The van der Waals surface area contributed by atoms with Gasteiger partial charge in [0.2, 0.25) is 0 Å². The molecule has 0 radical (unpaired) electrons. The molecule has 0 aliphatic rings. The van der Waals surface area contributed by atoms with Crippen LogP contribution in [-0.2, 0) is 11.3 Å². The second kappa shape index (κ2) is 6.33. The van der Waals surface area contributed by atoms with Crippen LogP contribution in [0.3, 0.4) is 0 Å². The van der Waals surface area contributed by atoms with Gasteiger partial charge in [-0.2, -0.15) is 5.26 Å². The van der Waals surface area contributed by atoms with Crippen LogP contribution in [0.2, 0.25) is 0 Å². The minimum absolute atomic E-state index is 0.108. The number of rotatable bonds is 3. The first-order valence-electron chi connectivity index (χ1n) is 5.78. The van der Waals surface area contributed by atoms with Crippen LogP contribution in [-0.4, -0.2) is 11.0 Å². The molecule has 2 N–H and O–H groups in total. The van der Waals surface area contributed by atoms with E-state index in [1.807, 2.05) is 6.07 Å². The van der Waals surface area contributed by atoms with Crippen LogP contribution in [0.4, 0.5) is 10.1 Å². The smallest absolute Gasteiger partial charge is 0.339 e. The number of hydrogen-bond donors (Lipinski definition) is 1. The molecule has 0 aliphatic heterocycles. The third kappa shape index (κ3) is 3.35. The van der Waals surface area contributed by atoms with Gasteiger partial charge in [-0.3, -0.25) is 0 Å². The number of carbonyl (C=O) groups is 1. The van der Waals surface area contributed by atoms with Crippen molar-refractivity contribution in [3.63, 3.8) is 0 Å². The molecule has 0 spiro atoms. The molecule has 0 unspecified atom stereocenters. The van der Waals surface area contributed by atoms with Crippen molar-refractivity contribution < 1.29 is 13.9 Å². The number of esters is 1. The van der Waals surface area contributed by atoms with Gasteiger partial charge in [0.05, 0.1) is 11.3 Å². The molecule has 5 nitrogen and oxygen atoms in total. The number of hydrogen-bond acceptors (Lipinski definition) is 5. The third-order valence-corrected chi connectivity index (χ3v) is 3.32. The lowest BCUT2D eigenvalue weighted by Gasteiger charge is -2.08. The molecule has 0 amide bonds. The lowest BCUT2D eigenvalue weighted by atomic mass is 10.2. The number of nitrogens with two attached hydrogens (primary N) is 1. The highest BCUT2D eigenvalue weighted by Crippen LogP contribution is 2.24. The van der Waals surface area contributed by atoms with Gasteiger partial charge in [0.25, 0.3) is 0 Å². The summed E-state index contributed by atoms with van der Waals surface area (Å²) in [5, 5.41) is 8.89. The fourth-order valence-electron chi connectivity index (χ4n) is 1.60. The molecule has 0 saturated heterocycles. The van der Waals surface area contributed by atoms with Crippen molar-refractivity contribution in [1.82, 2.24) is 4.98 Å². The van der Waals surface area contributed by atoms with E-state index >= 15 is 0 Å². The first-order chi connectivity index (χ1) is 10.0. The second-order valence-electron chi connectivity index (χ2n) is 4.05. The Balaban J connectivity index is 2.16. The predicted molar refractivity (Wildman–Crippen MR) is 76.6 cm³/mol. The topological polar surface area (TPSA) is 89.0 Å². The highest BCUT2D eigenvalue weighted by atomic mass is 79.9. The molecule has 106 valence electrons. The van der Waals surface area contributed by atoms with Gasteiger partial charge in [0.1, 0.15) is 24.2 Å². The Hall–Kier alpha value is -2.46. The van der Waals surface area contributed by atoms with Crippen LogP contribution < -0.4 is 5.73 Å². The van der Waals surface area contributed by atoms with Gasteiger partial charge in [0, 0.05) is 16.2 Å². The van der Waals surface area contributed by atoms with E-state index in [0.29, 0.717) is 5.56 Å². The number of nitrogen functional groups attached to an aromatic ring is 1. The van der Waals surface area contributed by atoms with Crippen molar-refractivity contribution in [2.24, 2.45) is 0 Å². The molecule has 0 atom stereocenters. The van der Waals surface area contributed by atoms with E-state index in [9.17, 15) is 9.18 Å². The van der Waals surface area contributed by atoms with Gasteiger partial charge >= 0.3 is 5.97 Å². The summed E-state index contributed by atoms with van der Waals surface area (Å²) in [6, 6.07) is 7.46. The lowest BCUT2D eigenvalue weighted by Crippen LogP contribution is -2.08. The maximum absolute atomic E-state index is 13.2. The van der Waals surface area contributed by atoms with Crippen LogP contribution in [0.25, 0.3) is 0 Å². The van der Waals surface area contributed by atoms with Crippen LogP contribution in [0.1, 0.15) is 21.6 Å². The maximum atomic E-state index is 13.2. The first-order valence-corrected chi connectivity index (χ1v) is 6.58. The Morgan fingerprint density at radius 3 is 3.00 bits per heavy atom. The Morgan fingerprint density at radius 2 is 2.29 bits per heavy atom. The molecule has 1 heterocycles. The minimum Gasteiger partial charge on any atom is -0.457 e. The average Bonchev–Trinajstić information content (AvgIpc) is 2.48. The summed E-state index contributed by atoms with van der Waals surface area (Å²) in [6.45, 7) is -0.112. The van der Waals surface area contributed by atoms with Crippen LogP contribution in [0.15, 0.2) is 34.9 Å². The average molecular weight is 350 g/mol. The zero-order valence-corrected chi connectivity index (χ0v) is 12.2. The van der Waals surface area contributed by atoms with Gasteiger partial charge in [-0.15, -0.1) is 0 Å². The lowest BCUT2D eigenvalue weighted by molar-refractivity contribution is 0.0471. The predicted octanol–water partition coefficient (Wildman–Crippen LogP) is 2.79. The van der Waals surface area contributed by atoms with Crippen molar-refractivity contribution in [2.75, 3.05) is 5.73 Å². The van der Waals surface area contributed by atoms with E-state index in [-0.39, 0.29) is 28.0 Å². The van der Waals surface area contributed by atoms with Crippen molar-refractivity contribution >= 4 is 27.6 Å². The largest absolute Gasteiger partial charge is 0.457 e. The molecule has 2 aromatic rings. The van der Waals surface area contributed by atoms with E-state index in [2.05, 4.69) is 20.9 Å². The standard InChI is InChI=1S/C14H9BrFN3O2/c15-10-5-11(16)12(18)4-9(10)14(20)21-7-8-2-1-3-19-13(8)6-17/h1-5H,7,18H2. The van der Waals surface area contributed by atoms with Gasteiger partial charge in [0.15, 0.2) is 0 Å². The highest BCUT2D eigenvalue weighted by Gasteiger charge is 2.15. The first kappa shape index (κ1) is 14.9. The molecule has 0 saturated carbocycles. The summed E-state index contributed by atoms with van der Waals surface area (Å²) < 4.78 is 18.6. The molecule has 0 fully saturated rings. The van der Waals surface area contributed by atoms with Gasteiger partial charge in [-0.25, -0.2) is 14.2 Å². The van der Waals surface area contributed by atoms with Crippen LogP contribution in [0, 0.1) is 17.1 Å². The third-order valence-electron chi connectivity index (χ3n) is 2.66. The fourth-order valence-corrected chi connectivity index (χ4v) is 2.08. The molecule has 0 aliphatic carbocycles. The number of halogens is 2. The van der Waals surface area contributed by atoms with E-state index in [4.69, 9.17) is 15.7 Å². The summed E-state index contributed by atoms with van der Waals surface area (Å²) in [5.74, 6) is -1.31. The van der Waals surface area contributed by atoms with Gasteiger partial charge < -0.3 is 10.5 Å². The highest BCUT2D eigenvalue weighted by molar-refractivity contribution is 9.10. The van der Waals surface area contributed by atoms with Crippen molar-refractivity contribution in [1.29, 1.82) is 5.26 Å². The molecule has 21 heavy (non-hydrogen) atoms. The zero-order chi connectivity index (χ0) is 15.4. The number of nitriles is 1. The number of benzene rings is 1. The van der Waals surface area contributed by atoms with E-state index in [1.165, 1.54) is 12.3 Å². The van der Waals surface area contributed by atoms with Crippen LogP contribution in [0.5, 0.6) is 0 Å². The minimum atomic E-state index is -0.679. The monoisotopic (exact) mass is 349 g/mol. The Morgan fingerprint density at radius 1 is 1.52 bits per heavy atom. The number of aromatic nitrogens is 1. The normalized spacial score (nSPS) is 9.95. The van der Waals surface area contributed by atoms with Crippen molar-refractivity contribution in [2.45, 2.75) is 6.61 Å². The number of ether oxygens (including phenoxy) is 1. The van der Waals surface area contributed by atoms with E-state index in [0.717, 1.165) is 6.07 Å². The molecule has 1 aromatic heterocycles. The fraction of sp³-hybridized carbons (Fsp3) is 0.0714. The summed E-state index contributed by atoms with van der Waals surface area (Å²) in [6.07, 6.45) is 1.47. The second-order valence-corrected chi connectivity index (χ2v) is 4.91. The number of pyridine rings is 1. The molecular formula is C14H9BrFN3O2. The summed E-state index contributed by atoms with van der Waals surface area (Å²) in [4.78, 5) is 15.8. The Kier molecular flexibility index (Phi) is 4.50. The van der Waals surface area contributed by atoms with E-state index < -0.39 is 11.8 Å². The summed E-state index contributed by atoms with van der Waals surface area (Å²) in [7, 11) is 0. The molecule has 0 bridgehead atoms. The molecular weight excluding hydrogens is 341 g/mol. The number of anilines is 1. The van der Waals surface area contributed by atoms with E-state index in [1.54, 1.807) is 12.1 Å². The Labute approximate surface area is 128 Å². The molecule has 1 aromatic carbocycles. The Bertz CT molecular complexity index is 743. The van der Waals surface area contributed by atoms with Crippen molar-refractivity contribution in [3.05, 3.63) is 57.6 Å². The maximum Gasteiger partial charge on any atom is 0.339 e. The number of carbonyl (C=O) groups excluding carboxylic acids is 1. The van der Waals surface area contributed by atoms with Crippen LogP contribution >= 0.6 is 15.9 Å². The SMILES string of the molecule is N#Cc1ncccc1COC(=O)c1cc(N)c(F)cc1Br. The van der Waals surface area contributed by atoms with Gasteiger partial charge in [-0.05, 0) is 34.1 Å². The summed E-state index contributed by atoms with van der Waals surface area (Å²) in [5.41, 5.74) is 6.05. The number of nitrogens with zero attached hydrogens (tertiary/aromatic N) is 2. The van der Waals surface area contributed by atoms with Gasteiger partial charge in [-0.1, -0.05) is 6.07 Å². The zero-order valence-electron chi connectivity index (χ0n) is 10.6. The molecule has 7 heteroatoms. The van der Waals surface area contributed by atoms with Crippen molar-refractivity contribution in [3.8, 4) is 6.07 Å². The molecule has 2 rings (SSSR count). The summed E-state index contributed by atoms with van der Waals surface area (Å²) >= 11 is 3.08. The quantitative estimate of drug-likeness (QED) is 0.679.